The molecule has 0 aromatic heterocycles. The van der Waals surface area contributed by atoms with E-state index in [-0.39, 0.29) is 5.91 Å². The maximum Gasteiger partial charge on any atom is 0.221 e. The molecule has 0 unspecified atom stereocenters. The number of ether oxygens (including phenoxy) is 1. The second-order valence-electron chi connectivity index (χ2n) is 5.15. The maximum absolute atomic E-state index is 11.4. The number of hydrogen-bond donors (Lipinski definition) is 2. The van der Waals surface area contributed by atoms with Crippen molar-refractivity contribution < 1.29 is 9.53 Å². The van der Waals surface area contributed by atoms with Crippen molar-refractivity contribution in [3.63, 3.8) is 0 Å². The molecule has 1 amide bonds. The summed E-state index contributed by atoms with van der Waals surface area (Å²) in [6, 6.07) is 0. The minimum atomic E-state index is 0.111. The molecule has 106 valence electrons. The van der Waals surface area contributed by atoms with Crippen LogP contribution >= 0.6 is 0 Å². The fourth-order valence-corrected chi connectivity index (χ4v) is 2.46. The highest BCUT2D eigenvalue weighted by Crippen LogP contribution is 2.21. The highest BCUT2D eigenvalue weighted by molar-refractivity contribution is 5.75. The van der Waals surface area contributed by atoms with E-state index in [1.165, 1.54) is 38.5 Å². The van der Waals surface area contributed by atoms with Crippen LogP contribution in [0.4, 0.5) is 0 Å². The first-order chi connectivity index (χ1) is 8.83. The molecule has 0 atom stereocenters. The van der Waals surface area contributed by atoms with Crippen LogP contribution in [0, 0.1) is 5.92 Å². The van der Waals surface area contributed by atoms with Crippen LogP contribution < -0.4 is 10.6 Å². The zero-order chi connectivity index (χ0) is 13.1. The summed E-state index contributed by atoms with van der Waals surface area (Å²) in [7, 11) is 1.64. The first-order valence-electron chi connectivity index (χ1n) is 7.29. The number of carbonyl (C=O) groups is 1. The smallest absolute Gasteiger partial charge is 0.221 e. The van der Waals surface area contributed by atoms with Crippen molar-refractivity contribution in [1.82, 2.24) is 10.6 Å². The second kappa shape index (κ2) is 10.3. The van der Waals surface area contributed by atoms with Crippen LogP contribution in [0.1, 0.15) is 44.9 Å². The van der Waals surface area contributed by atoms with E-state index in [0.717, 1.165) is 19.0 Å². The Kier molecular flexibility index (Phi) is 8.86. The third-order valence-electron chi connectivity index (χ3n) is 3.56. The van der Waals surface area contributed by atoms with Gasteiger partial charge in [0.1, 0.15) is 0 Å². The van der Waals surface area contributed by atoms with E-state index in [4.69, 9.17) is 4.74 Å². The number of hydrogen-bond acceptors (Lipinski definition) is 3. The van der Waals surface area contributed by atoms with Gasteiger partial charge in [-0.15, -0.1) is 0 Å². The third kappa shape index (κ3) is 7.67. The Morgan fingerprint density at radius 1 is 1.17 bits per heavy atom. The Bertz CT molecular complexity index is 214. The average Bonchev–Trinajstić information content (AvgIpc) is 2.63. The first-order valence-corrected chi connectivity index (χ1v) is 7.29. The van der Waals surface area contributed by atoms with Crippen LogP contribution in [0.25, 0.3) is 0 Å². The van der Waals surface area contributed by atoms with Crippen molar-refractivity contribution in [2.45, 2.75) is 44.9 Å². The van der Waals surface area contributed by atoms with Crippen molar-refractivity contribution in [1.29, 1.82) is 0 Å². The predicted molar refractivity (Wildman–Crippen MR) is 73.6 cm³/mol. The van der Waals surface area contributed by atoms with Gasteiger partial charge in [0.25, 0.3) is 0 Å². The lowest BCUT2D eigenvalue weighted by Crippen LogP contribution is -2.31. The molecule has 1 rings (SSSR count). The number of amides is 1. The highest BCUT2D eigenvalue weighted by atomic mass is 16.5. The molecule has 0 heterocycles. The Labute approximate surface area is 111 Å². The largest absolute Gasteiger partial charge is 0.383 e. The summed E-state index contributed by atoms with van der Waals surface area (Å²) < 4.78 is 4.88. The van der Waals surface area contributed by atoms with Gasteiger partial charge < -0.3 is 15.4 Å². The summed E-state index contributed by atoms with van der Waals surface area (Å²) in [6.07, 6.45) is 8.83. The molecule has 0 aromatic rings. The minimum absolute atomic E-state index is 0.111. The molecule has 2 N–H and O–H groups in total. The van der Waals surface area contributed by atoms with Gasteiger partial charge in [-0.05, 0) is 25.3 Å². The van der Waals surface area contributed by atoms with E-state index in [9.17, 15) is 4.79 Å². The summed E-state index contributed by atoms with van der Waals surface area (Å²) >= 11 is 0. The summed E-state index contributed by atoms with van der Waals surface area (Å²) in [5.74, 6) is 0.935. The van der Waals surface area contributed by atoms with Gasteiger partial charge in [-0.25, -0.2) is 0 Å². The third-order valence-corrected chi connectivity index (χ3v) is 3.56. The summed E-state index contributed by atoms with van der Waals surface area (Å²) in [6.45, 7) is 3.06. The van der Waals surface area contributed by atoms with E-state index < -0.39 is 0 Å². The molecule has 4 heteroatoms. The Balaban J connectivity index is 1.95. The van der Waals surface area contributed by atoms with Gasteiger partial charge in [0.15, 0.2) is 0 Å². The van der Waals surface area contributed by atoms with Crippen molar-refractivity contribution in [2.24, 2.45) is 5.92 Å². The fraction of sp³-hybridized carbons (Fsp3) is 0.929. The van der Waals surface area contributed by atoms with Gasteiger partial charge in [0, 0.05) is 26.6 Å². The topological polar surface area (TPSA) is 50.4 Å². The van der Waals surface area contributed by atoms with E-state index in [0.29, 0.717) is 19.6 Å². The highest BCUT2D eigenvalue weighted by Gasteiger charge is 2.11. The predicted octanol–water partition coefficient (Wildman–Crippen LogP) is 1.70. The Hall–Kier alpha value is -0.610. The van der Waals surface area contributed by atoms with Gasteiger partial charge in [-0.3, -0.25) is 4.79 Å². The molecule has 0 spiro atoms. The fourth-order valence-electron chi connectivity index (χ4n) is 2.46. The summed E-state index contributed by atoms with van der Waals surface area (Å²) in [5, 5.41) is 6.24. The standard InChI is InChI=1S/C14H28N2O2/c1-18-11-10-16-14(17)8-9-15-12-13-6-4-2-3-5-7-13/h13,15H,2-12H2,1H3,(H,16,17). The molecule has 1 fully saturated rings. The second-order valence-corrected chi connectivity index (χ2v) is 5.15. The average molecular weight is 256 g/mol. The van der Waals surface area contributed by atoms with Crippen LogP contribution in [-0.2, 0) is 9.53 Å². The van der Waals surface area contributed by atoms with Crippen LogP contribution in [0.2, 0.25) is 0 Å². The molecular weight excluding hydrogens is 228 g/mol. The van der Waals surface area contributed by atoms with Gasteiger partial charge in [-0.2, -0.15) is 0 Å². The van der Waals surface area contributed by atoms with Crippen LogP contribution in [0.3, 0.4) is 0 Å². The lowest BCUT2D eigenvalue weighted by molar-refractivity contribution is -0.121. The summed E-state index contributed by atoms with van der Waals surface area (Å²) in [5.41, 5.74) is 0. The van der Waals surface area contributed by atoms with Gasteiger partial charge in [0.05, 0.1) is 6.61 Å². The first kappa shape index (κ1) is 15.4. The van der Waals surface area contributed by atoms with Crippen LogP contribution in [-0.4, -0.2) is 39.3 Å². The van der Waals surface area contributed by atoms with Crippen LogP contribution in [0.5, 0.6) is 0 Å². The number of methoxy groups -OCH3 is 1. The van der Waals surface area contributed by atoms with Gasteiger partial charge in [0.2, 0.25) is 5.91 Å². The molecule has 18 heavy (non-hydrogen) atoms. The lowest BCUT2D eigenvalue weighted by Gasteiger charge is -2.14. The Morgan fingerprint density at radius 3 is 2.56 bits per heavy atom. The maximum atomic E-state index is 11.4. The summed E-state index contributed by atoms with van der Waals surface area (Å²) in [4.78, 5) is 11.4. The molecule has 0 bridgehead atoms. The lowest BCUT2D eigenvalue weighted by atomic mass is 10.0. The Morgan fingerprint density at radius 2 is 1.89 bits per heavy atom. The quantitative estimate of drug-likeness (QED) is 0.513. The van der Waals surface area contributed by atoms with Crippen molar-refractivity contribution in [2.75, 3.05) is 33.4 Å². The molecule has 0 aliphatic heterocycles. The zero-order valence-corrected chi connectivity index (χ0v) is 11.7. The SMILES string of the molecule is COCCNC(=O)CCNCC1CCCCCC1. The van der Waals surface area contributed by atoms with E-state index >= 15 is 0 Å². The number of carbonyl (C=O) groups excluding carboxylic acids is 1. The normalized spacial score (nSPS) is 17.4. The van der Waals surface area contributed by atoms with Gasteiger partial charge >= 0.3 is 0 Å². The zero-order valence-electron chi connectivity index (χ0n) is 11.7. The number of nitrogens with one attached hydrogen (secondary N) is 2. The van der Waals surface area contributed by atoms with Crippen molar-refractivity contribution in [3.8, 4) is 0 Å². The van der Waals surface area contributed by atoms with Gasteiger partial charge in [-0.1, -0.05) is 25.7 Å². The monoisotopic (exact) mass is 256 g/mol. The molecule has 1 saturated carbocycles. The molecule has 1 aliphatic rings. The number of rotatable bonds is 8. The van der Waals surface area contributed by atoms with Crippen LogP contribution in [0.15, 0.2) is 0 Å². The van der Waals surface area contributed by atoms with Crippen molar-refractivity contribution in [3.05, 3.63) is 0 Å². The molecule has 0 radical (unpaired) electrons. The molecule has 0 aromatic carbocycles. The minimum Gasteiger partial charge on any atom is -0.383 e. The molecule has 0 saturated heterocycles. The van der Waals surface area contributed by atoms with E-state index in [1.54, 1.807) is 7.11 Å². The molecule has 1 aliphatic carbocycles. The molecule has 4 nitrogen and oxygen atoms in total. The van der Waals surface area contributed by atoms with E-state index in [2.05, 4.69) is 10.6 Å². The molecular formula is C14H28N2O2. The van der Waals surface area contributed by atoms with E-state index in [1.807, 2.05) is 0 Å². The van der Waals surface area contributed by atoms with Crippen molar-refractivity contribution >= 4 is 5.91 Å².